The lowest BCUT2D eigenvalue weighted by atomic mass is 10.0. The van der Waals surface area contributed by atoms with Crippen molar-refractivity contribution in [1.29, 1.82) is 0 Å². The van der Waals surface area contributed by atoms with Gasteiger partial charge in [0.25, 0.3) is 0 Å². The Bertz CT molecular complexity index is 888. The first-order valence-corrected chi connectivity index (χ1v) is 8.49. The van der Waals surface area contributed by atoms with Gasteiger partial charge < -0.3 is 10.1 Å². The van der Waals surface area contributed by atoms with Crippen LogP contribution in [0.3, 0.4) is 0 Å². The van der Waals surface area contributed by atoms with Crippen molar-refractivity contribution in [1.82, 2.24) is 15.1 Å². The molecule has 4 nitrogen and oxygen atoms in total. The molecule has 4 rings (SSSR count). The van der Waals surface area contributed by atoms with E-state index in [2.05, 4.69) is 10.4 Å². The molecule has 1 atom stereocenters. The summed E-state index contributed by atoms with van der Waals surface area (Å²) in [6.07, 6.45) is 2.21. The summed E-state index contributed by atoms with van der Waals surface area (Å²) >= 11 is 0. The fourth-order valence-corrected chi connectivity index (χ4v) is 3.24. The number of aromatic nitrogens is 2. The average molecular weight is 343 g/mol. The van der Waals surface area contributed by atoms with Crippen molar-refractivity contribution in [3.63, 3.8) is 0 Å². The molecule has 0 spiro atoms. The fourth-order valence-electron chi connectivity index (χ4n) is 3.24. The van der Waals surface area contributed by atoms with Crippen LogP contribution in [0.4, 0.5) is 8.78 Å². The minimum absolute atomic E-state index is 0.313. The van der Waals surface area contributed by atoms with E-state index in [1.54, 1.807) is 24.3 Å². The largest absolute Gasteiger partial charge is 0.476 e. The summed E-state index contributed by atoms with van der Waals surface area (Å²) in [6, 6.07) is 10.7. The molecule has 0 bridgehead atoms. The molecule has 0 amide bonds. The zero-order chi connectivity index (χ0) is 17.2. The Morgan fingerprint density at radius 3 is 2.88 bits per heavy atom. The van der Waals surface area contributed by atoms with Crippen LogP contribution in [0.1, 0.15) is 12.8 Å². The summed E-state index contributed by atoms with van der Waals surface area (Å²) < 4.78 is 35.3. The Hall–Kier alpha value is -2.47. The van der Waals surface area contributed by atoms with Crippen LogP contribution in [0.25, 0.3) is 16.6 Å². The topological polar surface area (TPSA) is 39.1 Å². The molecule has 0 radical (unpaired) electrons. The molecule has 25 heavy (non-hydrogen) atoms. The number of ether oxygens (including phenoxy) is 1. The molecule has 130 valence electrons. The van der Waals surface area contributed by atoms with E-state index in [1.165, 1.54) is 22.9 Å². The first-order chi connectivity index (χ1) is 12.2. The molecule has 1 N–H and O–H groups in total. The molecule has 0 saturated carbocycles. The first-order valence-electron chi connectivity index (χ1n) is 8.49. The maximum absolute atomic E-state index is 14.2. The molecule has 0 aliphatic carbocycles. The highest BCUT2D eigenvalue weighted by Crippen LogP contribution is 2.29. The lowest BCUT2D eigenvalue weighted by molar-refractivity contribution is 0.213. The van der Waals surface area contributed by atoms with Crippen LogP contribution in [-0.2, 0) is 0 Å². The van der Waals surface area contributed by atoms with Crippen molar-refractivity contribution in [2.24, 2.45) is 5.92 Å². The van der Waals surface area contributed by atoms with Gasteiger partial charge >= 0.3 is 0 Å². The van der Waals surface area contributed by atoms with Gasteiger partial charge in [-0.05, 0) is 49.7 Å². The van der Waals surface area contributed by atoms with Crippen molar-refractivity contribution in [3.05, 3.63) is 54.1 Å². The van der Waals surface area contributed by atoms with Crippen molar-refractivity contribution >= 4 is 10.9 Å². The predicted octanol–water partition coefficient (Wildman–Crippen LogP) is 3.68. The van der Waals surface area contributed by atoms with E-state index in [9.17, 15) is 8.78 Å². The van der Waals surface area contributed by atoms with Gasteiger partial charge in [0.2, 0.25) is 5.88 Å². The second-order valence-corrected chi connectivity index (χ2v) is 6.35. The molecule has 2 heterocycles. The van der Waals surface area contributed by atoms with Crippen LogP contribution in [0.15, 0.2) is 42.5 Å². The number of hydrogen-bond donors (Lipinski definition) is 1. The van der Waals surface area contributed by atoms with Crippen LogP contribution in [0.2, 0.25) is 0 Å². The Morgan fingerprint density at radius 1 is 1.20 bits per heavy atom. The van der Waals surface area contributed by atoms with E-state index in [0.717, 1.165) is 25.9 Å². The lowest BCUT2D eigenvalue weighted by Crippen LogP contribution is -2.33. The standard InChI is InChI=1S/C19H19F2N3O/c20-14-7-8-17-15(10-14)19(25-12-13-4-3-9-22-11-13)23-24(17)18-6-2-1-5-16(18)21/h1-2,5-8,10,13,22H,3-4,9,11-12H2. The molecule has 1 aromatic heterocycles. The monoisotopic (exact) mass is 343 g/mol. The summed E-state index contributed by atoms with van der Waals surface area (Å²) in [5, 5.41) is 8.30. The van der Waals surface area contributed by atoms with E-state index >= 15 is 0 Å². The normalized spacial score (nSPS) is 17.8. The van der Waals surface area contributed by atoms with Gasteiger partial charge in [-0.2, -0.15) is 0 Å². The minimum atomic E-state index is -0.390. The van der Waals surface area contributed by atoms with E-state index in [0.29, 0.717) is 35.0 Å². The Kier molecular flexibility index (Phi) is 4.36. The van der Waals surface area contributed by atoms with Crippen molar-refractivity contribution in [2.45, 2.75) is 12.8 Å². The SMILES string of the molecule is Fc1ccc2c(c1)c(OCC1CCCNC1)nn2-c1ccccc1F. The number of piperidine rings is 1. The Balaban J connectivity index is 1.71. The first kappa shape index (κ1) is 16.0. The second-order valence-electron chi connectivity index (χ2n) is 6.35. The average Bonchev–Trinajstić information content (AvgIpc) is 2.99. The number of halogens is 2. The van der Waals surface area contributed by atoms with Gasteiger partial charge in [0.1, 0.15) is 17.3 Å². The summed E-state index contributed by atoms with van der Waals surface area (Å²) in [7, 11) is 0. The lowest BCUT2D eigenvalue weighted by Gasteiger charge is -2.22. The molecule has 6 heteroatoms. The molecule has 2 aromatic carbocycles. The Morgan fingerprint density at radius 2 is 2.08 bits per heavy atom. The van der Waals surface area contributed by atoms with Crippen LogP contribution < -0.4 is 10.1 Å². The number of fused-ring (bicyclic) bond motifs is 1. The van der Waals surface area contributed by atoms with Crippen molar-refractivity contribution in [2.75, 3.05) is 19.7 Å². The number of rotatable bonds is 4. The number of nitrogens with zero attached hydrogens (tertiary/aromatic N) is 2. The van der Waals surface area contributed by atoms with Gasteiger partial charge in [0, 0.05) is 12.5 Å². The number of hydrogen-bond acceptors (Lipinski definition) is 3. The van der Waals surface area contributed by atoms with Gasteiger partial charge in [-0.1, -0.05) is 12.1 Å². The van der Waals surface area contributed by atoms with E-state index < -0.39 is 0 Å². The molecule has 3 aromatic rings. The Labute approximate surface area is 144 Å². The van der Waals surface area contributed by atoms with Crippen LogP contribution in [0.5, 0.6) is 5.88 Å². The van der Waals surface area contributed by atoms with Crippen LogP contribution >= 0.6 is 0 Å². The maximum Gasteiger partial charge on any atom is 0.241 e. The second kappa shape index (κ2) is 6.80. The highest BCUT2D eigenvalue weighted by molar-refractivity contribution is 5.86. The third-order valence-corrected chi connectivity index (χ3v) is 4.54. The summed E-state index contributed by atoms with van der Waals surface area (Å²) in [5.41, 5.74) is 0.927. The van der Waals surface area contributed by atoms with E-state index in [4.69, 9.17) is 4.74 Å². The van der Waals surface area contributed by atoms with E-state index in [1.807, 2.05) is 0 Å². The van der Waals surface area contributed by atoms with Gasteiger partial charge in [0.05, 0.1) is 17.5 Å². The zero-order valence-corrected chi connectivity index (χ0v) is 13.7. The quantitative estimate of drug-likeness (QED) is 0.785. The number of para-hydroxylation sites is 1. The van der Waals surface area contributed by atoms with Crippen LogP contribution in [0, 0.1) is 17.6 Å². The maximum atomic E-state index is 14.2. The molecular formula is C19H19F2N3O. The number of benzene rings is 2. The highest BCUT2D eigenvalue weighted by atomic mass is 19.1. The zero-order valence-electron chi connectivity index (χ0n) is 13.7. The summed E-state index contributed by atoms with van der Waals surface area (Å²) in [4.78, 5) is 0. The molecular weight excluding hydrogens is 324 g/mol. The smallest absolute Gasteiger partial charge is 0.241 e. The van der Waals surface area contributed by atoms with Crippen molar-refractivity contribution in [3.8, 4) is 11.6 Å². The highest BCUT2D eigenvalue weighted by Gasteiger charge is 2.19. The summed E-state index contributed by atoms with van der Waals surface area (Å²) in [6.45, 7) is 2.44. The van der Waals surface area contributed by atoms with Gasteiger partial charge in [-0.3, -0.25) is 0 Å². The van der Waals surface area contributed by atoms with Gasteiger partial charge in [0.15, 0.2) is 0 Å². The fraction of sp³-hybridized carbons (Fsp3) is 0.316. The summed E-state index contributed by atoms with van der Waals surface area (Å²) in [5.74, 6) is -0.0247. The third kappa shape index (κ3) is 3.22. The molecule has 1 saturated heterocycles. The van der Waals surface area contributed by atoms with Gasteiger partial charge in [-0.15, -0.1) is 5.10 Å². The number of nitrogens with one attached hydrogen (secondary N) is 1. The molecule has 1 fully saturated rings. The predicted molar refractivity (Wildman–Crippen MR) is 92.1 cm³/mol. The molecule has 1 aliphatic heterocycles. The molecule has 1 unspecified atom stereocenters. The molecule has 1 aliphatic rings. The van der Waals surface area contributed by atoms with Crippen LogP contribution in [-0.4, -0.2) is 29.5 Å². The van der Waals surface area contributed by atoms with E-state index in [-0.39, 0.29) is 11.6 Å². The minimum Gasteiger partial charge on any atom is -0.476 e. The van der Waals surface area contributed by atoms with Crippen molar-refractivity contribution < 1.29 is 13.5 Å². The third-order valence-electron chi connectivity index (χ3n) is 4.54. The van der Waals surface area contributed by atoms with Gasteiger partial charge in [-0.25, -0.2) is 13.5 Å².